The maximum absolute atomic E-state index is 13.0. The van der Waals surface area contributed by atoms with Crippen molar-refractivity contribution >= 4 is 44.9 Å². The van der Waals surface area contributed by atoms with Gasteiger partial charge in [0.25, 0.3) is 15.9 Å². The number of anilines is 2. The van der Waals surface area contributed by atoms with Crippen LogP contribution in [0, 0.1) is 0 Å². The molecule has 0 saturated carbocycles. The van der Waals surface area contributed by atoms with Gasteiger partial charge in [-0.25, -0.2) is 8.42 Å². The van der Waals surface area contributed by atoms with Crippen molar-refractivity contribution in [1.82, 2.24) is 0 Å². The van der Waals surface area contributed by atoms with Gasteiger partial charge >= 0.3 is 5.97 Å². The van der Waals surface area contributed by atoms with Crippen molar-refractivity contribution < 1.29 is 23.1 Å². The molecule has 0 aliphatic heterocycles. The fourth-order valence-electron chi connectivity index (χ4n) is 3.26. The molecule has 178 valence electrons. The number of hydrogen-bond acceptors (Lipinski definition) is 4. The van der Waals surface area contributed by atoms with Gasteiger partial charge in [-0.05, 0) is 59.0 Å². The summed E-state index contributed by atoms with van der Waals surface area (Å²) in [6.07, 6.45) is -0.195. The smallest absolute Gasteiger partial charge is 0.307 e. The van der Waals surface area contributed by atoms with Gasteiger partial charge in [0.05, 0.1) is 22.6 Å². The van der Waals surface area contributed by atoms with Crippen LogP contribution in [0.2, 0.25) is 5.02 Å². The predicted octanol–water partition coefficient (Wildman–Crippen LogP) is 5.32. The van der Waals surface area contributed by atoms with Crippen molar-refractivity contribution in [1.29, 1.82) is 0 Å². The van der Waals surface area contributed by atoms with Crippen molar-refractivity contribution in [3.63, 3.8) is 0 Å². The normalized spacial score (nSPS) is 11.6. The van der Waals surface area contributed by atoms with E-state index in [0.29, 0.717) is 11.3 Å². The van der Waals surface area contributed by atoms with E-state index in [9.17, 15) is 18.0 Å². The van der Waals surface area contributed by atoms with Gasteiger partial charge < -0.3 is 10.4 Å². The first-order chi connectivity index (χ1) is 15.8. The number of rotatable bonds is 7. The summed E-state index contributed by atoms with van der Waals surface area (Å²) >= 11 is 6.07. The van der Waals surface area contributed by atoms with Gasteiger partial charge in [-0.15, -0.1) is 0 Å². The molecule has 0 unspecified atom stereocenters. The summed E-state index contributed by atoms with van der Waals surface area (Å²) in [7, 11) is -3.98. The maximum atomic E-state index is 13.0. The molecule has 0 atom stereocenters. The number of carbonyl (C=O) groups is 2. The number of carboxylic acids is 1. The molecule has 0 heterocycles. The highest BCUT2D eigenvalue weighted by Crippen LogP contribution is 2.27. The van der Waals surface area contributed by atoms with E-state index < -0.39 is 21.9 Å². The average Bonchev–Trinajstić information content (AvgIpc) is 2.74. The SMILES string of the molecule is CC(C)(C)c1ccc(S(=O)(=O)Nc2ccc(Cl)cc2C(=O)Nc2cccc(CC(=O)O)c2)cc1. The second kappa shape index (κ2) is 9.87. The largest absolute Gasteiger partial charge is 0.481 e. The van der Waals surface area contributed by atoms with Crippen LogP contribution in [-0.4, -0.2) is 25.4 Å². The van der Waals surface area contributed by atoms with Crippen LogP contribution in [0.25, 0.3) is 0 Å². The number of carboxylic acid groups (broad SMARTS) is 1. The molecule has 0 aliphatic carbocycles. The Balaban J connectivity index is 1.87. The van der Waals surface area contributed by atoms with Crippen LogP contribution >= 0.6 is 11.6 Å². The lowest BCUT2D eigenvalue weighted by atomic mass is 9.87. The number of benzene rings is 3. The van der Waals surface area contributed by atoms with Crippen molar-refractivity contribution in [2.24, 2.45) is 0 Å². The topological polar surface area (TPSA) is 113 Å². The van der Waals surface area contributed by atoms with E-state index in [0.717, 1.165) is 5.56 Å². The highest BCUT2D eigenvalue weighted by Gasteiger charge is 2.21. The van der Waals surface area contributed by atoms with E-state index in [2.05, 4.69) is 10.0 Å². The Morgan fingerprint density at radius 2 is 1.65 bits per heavy atom. The Kier molecular flexibility index (Phi) is 7.33. The van der Waals surface area contributed by atoms with E-state index in [-0.39, 0.29) is 33.0 Å². The molecule has 3 N–H and O–H groups in total. The lowest BCUT2D eigenvalue weighted by Crippen LogP contribution is -2.19. The van der Waals surface area contributed by atoms with Crippen LogP contribution in [0.4, 0.5) is 11.4 Å². The summed E-state index contributed by atoms with van der Waals surface area (Å²) in [4.78, 5) is 24.0. The molecule has 0 saturated heterocycles. The van der Waals surface area contributed by atoms with Crippen molar-refractivity contribution in [3.05, 3.63) is 88.4 Å². The molecule has 3 aromatic carbocycles. The van der Waals surface area contributed by atoms with Crippen molar-refractivity contribution in [3.8, 4) is 0 Å². The van der Waals surface area contributed by atoms with E-state index in [1.807, 2.05) is 20.8 Å². The minimum absolute atomic E-state index is 0.0195. The second-order valence-corrected chi connectivity index (χ2v) is 10.9. The van der Waals surface area contributed by atoms with E-state index in [1.165, 1.54) is 36.4 Å². The van der Waals surface area contributed by atoms with Crippen LogP contribution in [-0.2, 0) is 26.7 Å². The lowest BCUT2D eigenvalue weighted by Gasteiger charge is -2.19. The highest BCUT2D eigenvalue weighted by atomic mass is 35.5. The summed E-state index contributed by atoms with van der Waals surface area (Å²) in [6.45, 7) is 6.10. The molecule has 0 fully saturated rings. The zero-order chi connectivity index (χ0) is 25.1. The van der Waals surface area contributed by atoms with Crippen molar-refractivity contribution in [2.45, 2.75) is 37.5 Å². The van der Waals surface area contributed by atoms with Crippen LogP contribution < -0.4 is 10.0 Å². The molecule has 0 bridgehead atoms. The molecule has 34 heavy (non-hydrogen) atoms. The number of sulfonamides is 1. The number of carbonyl (C=O) groups excluding carboxylic acids is 1. The Hall–Kier alpha value is -3.36. The van der Waals surface area contributed by atoms with Crippen LogP contribution in [0.1, 0.15) is 42.3 Å². The van der Waals surface area contributed by atoms with E-state index in [4.69, 9.17) is 16.7 Å². The molecule has 9 heteroatoms. The summed E-state index contributed by atoms with van der Waals surface area (Å²) in [5, 5.41) is 11.9. The number of nitrogens with one attached hydrogen (secondary N) is 2. The first-order valence-corrected chi connectivity index (χ1v) is 12.3. The second-order valence-electron chi connectivity index (χ2n) is 8.79. The molecule has 1 amide bonds. The monoisotopic (exact) mass is 500 g/mol. The molecule has 0 aliphatic rings. The van der Waals surface area contributed by atoms with Gasteiger partial charge in [-0.1, -0.05) is 56.6 Å². The average molecular weight is 501 g/mol. The minimum atomic E-state index is -3.98. The quantitative estimate of drug-likeness (QED) is 0.406. The van der Waals surface area contributed by atoms with Gasteiger partial charge in [-0.3, -0.25) is 14.3 Å². The lowest BCUT2D eigenvalue weighted by molar-refractivity contribution is -0.136. The first kappa shape index (κ1) is 25.3. The predicted molar refractivity (Wildman–Crippen MR) is 133 cm³/mol. The molecule has 0 aromatic heterocycles. The zero-order valence-electron chi connectivity index (χ0n) is 18.9. The minimum Gasteiger partial charge on any atom is -0.481 e. The third-order valence-electron chi connectivity index (χ3n) is 5.04. The summed E-state index contributed by atoms with van der Waals surface area (Å²) in [5.74, 6) is -1.60. The fraction of sp³-hybridized carbons (Fsp3) is 0.200. The van der Waals surface area contributed by atoms with Crippen molar-refractivity contribution in [2.75, 3.05) is 10.0 Å². The van der Waals surface area contributed by atoms with Gasteiger partial charge in [0.1, 0.15) is 0 Å². The van der Waals surface area contributed by atoms with E-state index >= 15 is 0 Å². The standard InChI is InChI=1S/C25H25ClN2O5S/c1-25(2,3)17-7-10-20(11-8-17)34(32,33)28-22-12-9-18(26)15-21(22)24(31)27-19-6-4-5-16(13-19)14-23(29)30/h4-13,15,28H,14H2,1-3H3,(H,27,31)(H,29,30). The van der Waals surface area contributed by atoms with Gasteiger partial charge in [0, 0.05) is 10.7 Å². The number of hydrogen-bond donors (Lipinski definition) is 3. The summed E-state index contributed by atoms with van der Waals surface area (Å²) < 4.78 is 28.5. The van der Waals surface area contributed by atoms with Gasteiger partial charge in [0.15, 0.2) is 0 Å². The molecular weight excluding hydrogens is 476 g/mol. The molecule has 3 aromatic rings. The van der Waals surface area contributed by atoms with Crippen LogP contribution in [0.3, 0.4) is 0 Å². The Bertz CT molecular complexity index is 1330. The zero-order valence-corrected chi connectivity index (χ0v) is 20.5. The molecular formula is C25H25ClN2O5S. The highest BCUT2D eigenvalue weighted by molar-refractivity contribution is 7.92. The van der Waals surface area contributed by atoms with Crippen LogP contribution in [0.15, 0.2) is 71.6 Å². The van der Waals surface area contributed by atoms with Crippen LogP contribution in [0.5, 0.6) is 0 Å². The molecule has 3 rings (SSSR count). The third kappa shape index (κ3) is 6.36. The summed E-state index contributed by atoms with van der Waals surface area (Å²) in [6, 6.07) is 17.2. The van der Waals surface area contributed by atoms with E-state index in [1.54, 1.807) is 30.3 Å². The number of amides is 1. The molecule has 0 radical (unpaired) electrons. The summed E-state index contributed by atoms with van der Waals surface area (Å²) in [5.41, 5.74) is 1.82. The Labute approximate surface area is 203 Å². The molecule has 0 spiro atoms. The Morgan fingerprint density at radius 3 is 2.26 bits per heavy atom. The maximum Gasteiger partial charge on any atom is 0.307 e. The fourth-order valence-corrected chi connectivity index (χ4v) is 4.52. The third-order valence-corrected chi connectivity index (χ3v) is 6.66. The first-order valence-electron chi connectivity index (χ1n) is 10.4. The van der Waals surface area contributed by atoms with Gasteiger partial charge in [-0.2, -0.15) is 0 Å². The Morgan fingerprint density at radius 1 is 0.971 bits per heavy atom. The molecule has 7 nitrogen and oxygen atoms in total. The number of halogens is 1. The van der Waals surface area contributed by atoms with Gasteiger partial charge in [0.2, 0.25) is 0 Å². The number of aliphatic carboxylic acids is 1.